The van der Waals surface area contributed by atoms with Gasteiger partial charge in [0.15, 0.2) is 0 Å². The molecule has 0 aromatic carbocycles. The third kappa shape index (κ3) is 5.62. The second kappa shape index (κ2) is 5.95. The van der Waals surface area contributed by atoms with Crippen LogP contribution in [0.25, 0.3) is 10.4 Å². The SMILES string of the molecule is CCC(C)(COCC(C)(C)CN)N=[N+]=[N-]. The number of azide groups is 1. The Balaban J connectivity index is 4.08. The molecule has 0 bridgehead atoms. The van der Waals surface area contributed by atoms with E-state index in [2.05, 4.69) is 10.0 Å². The Hall–Kier alpha value is -0.770. The van der Waals surface area contributed by atoms with E-state index in [1.54, 1.807) is 0 Å². The Morgan fingerprint density at radius 2 is 1.93 bits per heavy atom. The van der Waals surface area contributed by atoms with Crippen molar-refractivity contribution in [1.29, 1.82) is 0 Å². The Morgan fingerprint density at radius 1 is 1.33 bits per heavy atom. The van der Waals surface area contributed by atoms with Crippen LogP contribution in [0.5, 0.6) is 0 Å². The van der Waals surface area contributed by atoms with Gasteiger partial charge in [-0.2, -0.15) is 0 Å². The van der Waals surface area contributed by atoms with Crippen LogP contribution in [0.3, 0.4) is 0 Å². The summed E-state index contributed by atoms with van der Waals surface area (Å²) in [6.07, 6.45) is 0.764. The molecule has 0 saturated carbocycles. The summed E-state index contributed by atoms with van der Waals surface area (Å²) in [5.41, 5.74) is 13.5. The lowest BCUT2D eigenvalue weighted by Crippen LogP contribution is -2.33. The number of rotatable bonds is 7. The van der Waals surface area contributed by atoms with Gasteiger partial charge in [-0.05, 0) is 18.5 Å². The zero-order valence-corrected chi connectivity index (χ0v) is 10.2. The molecule has 0 heterocycles. The van der Waals surface area contributed by atoms with Crippen LogP contribution in [0.2, 0.25) is 0 Å². The van der Waals surface area contributed by atoms with Crippen LogP contribution >= 0.6 is 0 Å². The van der Waals surface area contributed by atoms with Gasteiger partial charge in [0.2, 0.25) is 0 Å². The smallest absolute Gasteiger partial charge is 0.0690 e. The van der Waals surface area contributed by atoms with E-state index >= 15 is 0 Å². The fourth-order valence-electron chi connectivity index (χ4n) is 0.916. The molecule has 1 atom stereocenters. The fourth-order valence-corrected chi connectivity index (χ4v) is 0.916. The molecule has 0 amide bonds. The first kappa shape index (κ1) is 14.2. The molecule has 1 unspecified atom stereocenters. The predicted molar refractivity (Wildman–Crippen MR) is 61.5 cm³/mol. The molecule has 0 aromatic heterocycles. The second-order valence-electron chi connectivity index (χ2n) is 4.90. The number of hydrogen-bond donors (Lipinski definition) is 1. The molecule has 0 aliphatic rings. The largest absolute Gasteiger partial charge is 0.380 e. The quantitative estimate of drug-likeness (QED) is 0.401. The van der Waals surface area contributed by atoms with Gasteiger partial charge in [0.25, 0.3) is 0 Å². The zero-order valence-electron chi connectivity index (χ0n) is 10.2. The Bertz CT molecular complexity index is 236. The van der Waals surface area contributed by atoms with Gasteiger partial charge in [-0.15, -0.1) is 0 Å². The molecule has 15 heavy (non-hydrogen) atoms. The van der Waals surface area contributed by atoms with Crippen LogP contribution in [0.1, 0.15) is 34.1 Å². The normalized spacial score (nSPS) is 15.5. The van der Waals surface area contributed by atoms with E-state index in [0.717, 1.165) is 6.42 Å². The molecule has 0 fully saturated rings. The Labute approximate surface area is 91.6 Å². The lowest BCUT2D eigenvalue weighted by Gasteiger charge is -2.26. The van der Waals surface area contributed by atoms with Gasteiger partial charge >= 0.3 is 0 Å². The lowest BCUT2D eigenvalue weighted by atomic mass is 9.95. The topological polar surface area (TPSA) is 84.0 Å². The van der Waals surface area contributed by atoms with Gasteiger partial charge < -0.3 is 10.5 Å². The Morgan fingerprint density at radius 3 is 2.33 bits per heavy atom. The first-order valence-electron chi connectivity index (χ1n) is 5.23. The average molecular weight is 214 g/mol. The Kier molecular flexibility index (Phi) is 5.65. The molecule has 0 rings (SSSR count). The minimum Gasteiger partial charge on any atom is -0.380 e. The summed E-state index contributed by atoms with van der Waals surface area (Å²) in [4.78, 5) is 2.83. The maximum atomic E-state index is 8.42. The van der Waals surface area contributed by atoms with Crippen LogP contribution in [0.15, 0.2) is 5.11 Å². The summed E-state index contributed by atoms with van der Waals surface area (Å²) in [5.74, 6) is 0. The van der Waals surface area contributed by atoms with E-state index in [1.165, 1.54) is 0 Å². The van der Waals surface area contributed by atoms with Crippen molar-refractivity contribution in [3.8, 4) is 0 Å². The van der Waals surface area contributed by atoms with E-state index in [9.17, 15) is 0 Å². The van der Waals surface area contributed by atoms with Gasteiger partial charge in [0, 0.05) is 10.3 Å². The molecule has 0 aliphatic heterocycles. The van der Waals surface area contributed by atoms with Crippen molar-refractivity contribution in [2.24, 2.45) is 16.3 Å². The van der Waals surface area contributed by atoms with E-state index in [0.29, 0.717) is 19.8 Å². The van der Waals surface area contributed by atoms with Crippen molar-refractivity contribution < 1.29 is 4.74 Å². The van der Waals surface area contributed by atoms with Crippen molar-refractivity contribution in [3.05, 3.63) is 10.4 Å². The lowest BCUT2D eigenvalue weighted by molar-refractivity contribution is 0.0377. The van der Waals surface area contributed by atoms with Crippen molar-refractivity contribution in [2.45, 2.75) is 39.7 Å². The third-order valence-corrected chi connectivity index (χ3v) is 2.51. The minimum atomic E-state index is -0.445. The molecule has 0 saturated heterocycles. The third-order valence-electron chi connectivity index (χ3n) is 2.51. The first-order valence-corrected chi connectivity index (χ1v) is 5.23. The van der Waals surface area contributed by atoms with E-state index in [4.69, 9.17) is 16.0 Å². The van der Waals surface area contributed by atoms with Gasteiger partial charge in [0.1, 0.15) is 0 Å². The standard InChI is InChI=1S/C10H22N4O/c1-5-10(4,13-14-12)8-15-7-9(2,3)6-11/h5-8,11H2,1-4H3. The van der Waals surface area contributed by atoms with Gasteiger partial charge in [-0.25, -0.2) is 0 Å². The molecule has 0 radical (unpaired) electrons. The average Bonchev–Trinajstić information content (AvgIpc) is 2.18. The maximum Gasteiger partial charge on any atom is 0.0690 e. The highest BCUT2D eigenvalue weighted by atomic mass is 16.5. The number of ether oxygens (including phenoxy) is 1. The van der Waals surface area contributed by atoms with Gasteiger partial charge in [0.05, 0.1) is 18.8 Å². The highest BCUT2D eigenvalue weighted by Crippen LogP contribution is 2.18. The van der Waals surface area contributed by atoms with E-state index in [1.807, 2.05) is 27.7 Å². The molecule has 0 aliphatic carbocycles. The number of nitrogens with two attached hydrogens (primary N) is 1. The summed E-state index contributed by atoms with van der Waals surface area (Å²) >= 11 is 0. The monoisotopic (exact) mass is 214 g/mol. The summed E-state index contributed by atoms with van der Waals surface area (Å²) in [6, 6.07) is 0. The zero-order chi connectivity index (χ0) is 11.9. The minimum absolute atomic E-state index is 0.0228. The molecule has 0 aromatic rings. The van der Waals surface area contributed by atoms with Crippen LogP contribution in [0, 0.1) is 5.41 Å². The highest BCUT2D eigenvalue weighted by Gasteiger charge is 2.23. The van der Waals surface area contributed by atoms with Crippen molar-refractivity contribution >= 4 is 0 Å². The summed E-state index contributed by atoms with van der Waals surface area (Å²) in [7, 11) is 0. The second-order valence-corrected chi connectivity index (χ2v) is 4.90. The van der Waals surface area contributed by atoms with Gasteiger partial charge in [-0.1, -0.05) is 32.8 Å². The van der Waals surface area contributed by atoms with Gasteiger partial charge in [-0.3, -0.25) is 0 Å². The molecule has 2 N–H and O–H groups in total. The molecule has 0 spiro atoms. The molecular formula is C10H22N4O. The number of nitrogens with zero attached hydrogens (tertiary/aromatic N) is 3. The molecule has 5 heteroatoms. The highest BCUT2D eigenvalue weighted by molar-refractivity contribution is 4.82. The summed E-state index contributed by atoms with van der Waals surface area (Å²) in [6.45, 7) is 9.57. The van der Waals surface area contributed by atoms with E-state index < -0.39 is 5.54 Å². The van der Waals surface area contributed by atoms with Crippen LogP contribution < -0.4 is 5.73 Å². The predicted octanol–water partition coefficient (Wildman–Crippen LogP) is 2.47. The molecular weight excluding hydrogens is 192 g/mol. The fraction of sp³-hybridized carbons (Fsp3) is 1.00. The maximum absolute atomic E-state index is 8.42. The van der Waals surface area contributed by atoms with Crippen LogP contribution in [-0.2, 0) is 4.74 Å². The van der Waals surface area contributed by atoms with Crippen molar-refractivity contribution in [1.82, 2.24) is 0 Å². The van der Waals surface area contributed by atoms with Crippen molar-refractivity contribution in [3.63, 3.8) is 0 Å². The summed E-state index contributed by atoms with van der Waals surface area (Å²) in [5, 5.41) is 3.74. The first-order chi connectivity index (χ1) is 6.89. The molecule has 88 valence electrons. The molecule has 5 nitrogen and oxygen atoms in total. The van der Waals surface area contributed by atoms with Crippen LogP contribution in [-0.4, -0.2) is 25.3 Å². The number of hydrogen-bond acceptors (Lipinski definition) is 3. The van der Waals surface area contributed by atoms with Crippen molar-refractivity contribution in [2.75, 3.05) is 19.8 Å². The van der Waals surface area contributed by atoms with Crippen LogP contribution in [0.4, 0.5) is 0 Å². The van der Waals surface area contributed by atoms with E-state index in [-0.39, 0.29) is 5.41 Å². The summed E-state index contributed by atoms with van der Waals surface area (Å²) < 4.78 is 5.55.